The number of hydrogen-bond donors (Lipinski definition) is 2. The molecule has 3 nitrogen and oxygen atoms in total. The Morgan fingerprint density at radius 3 is 2.25 bits per heavy atom. The Hall–Kier alpha value is -0.520. The predicted molar refractivity (Wildman–Crippen MR) is 141 cm³/mol. The van der Waals surface area contributed by atoms with Crippen molar-refractivity contribution in [2.45, 2.75) is 62.5 Å². The average Bonchev–Trinajstić information content (AvgIpc) is 2.76. The second kappa shape index (κ2) is 12.3. The van der Waals surface area contributed by atoms with Gasteiger partial charge >= 0.3 is 0 Å². The van der Waals surface area contributed by atoms with E-state index in [0.29, 0.717) is 16.1 Å². The number of halogens is 4. The van der Waals surface area contributed by atoms with Gasteiger partial charge in [-0.25, -0.2) is 0 Å². The maximum absolute atomic E-state index is 11.7. The summed E-state index contributed by atoms with van der Waals surface area (Å²) in [5.41, 5.74) is 8.83. The Bertz CT molecular complexity index is 865. The third-order valence-electron chi connectivity index (χ3n) is 6.98. The molecule has 2 fully saturated rings. The summed E-state index contributed by atoms with van der Waals surface area (Å²) in [7, 11) is 0. The third kappa shape index (κ3) is 6.54. The standard InChI is InChI=1S/C25H32Cl2N2O.2ClH/c26-23-8-7-19(16-24(23)27)18-5-4-6-20(15-18)22(25(30)11-2-1-3-12-25)17-29-13-9-21(28)10-14-29;;/h4-8,15-16,21-22,30H,1-3,9-14,17,28H2;2*1H. The number of rotatable bonds is 5. The van der Waals surface area contributed by atoms with Crippen LogP contribution < -0.4 is 5.73 Å². The molecule has 0 bridgehead atoms. The Morgan fingerprint density at radius 1 is 0.938 bits per heavy atom. The summed E-state index contributed by atoms with van der Waals surface area (Å²) in [6, 6.07) is 14.7. The molecule has 2 aromatic rings. The van der Waals surface area contributed by atoms with Gasteiger partial charge in [-0.2, -0.15) is 0 Å². The van der Waals surface area contributed by atoms with Crippen molar-refractivity contribution in [1.29, 1.82) is 0 Å². The van der Waals surface area contributed by atoms with E-state index in [4.69, 9.17) is 28.9 Å². The van der Waals surface area contributed by atoms with Crippen molar-refractivity contribution in [3.8, 4) is 11.1 Å². The molecular formula is C25H34Cl4N2O. The lowest BCUT2D eigenvalue weighted by Gasteiger charge is -2.43. The van der Waals surface area contributed by atoms with Gasteiger partial charge in [0.05, 0.1) is 15.6 Å². The second-order valence-electron chi connectivity index (χ2n) is 9.11. The van der Waals surface area contributed by atoms with Gasteiger partial charge in [0.2, 0.25) is 0 Å². The molecule has 1 aliphatic carbocycles. The molecule has 0 aromatic heterocycles. The molecule has 1 saturated carbocycles. The smallest absolute Gasteiger partial charge is 0.0728 e. The van der Waals surface area contributed by atoms with Gasteiger partial charge in [-0.1, -0.05) is 72.8 Å². The van der Waals surface area contributed by atoms with E-state index in [1.54, 1.807) is 0 Å². The van der Waals surface area contributed by atoms with E-state index in [0.717, 1.165) is 69.3 Å². The van der Waals surface area contributed by atoms with E-state index < -0.39 is 5.60 Å². The van der Waals surface area contributed by atoms with Crippen LogP contribution >= 0.6 is 48.0 Å². The fraction of sp³-hybridized carbons (Fsp3) is 0.520. The molecule has 3 N–H and O–H groups in total. The zero-order valence-electron chi connectivity index (χ0n) is 18.3. The Labute approximate surface area is 214 Å². The summed E-state index contributed by atoms with van der Waals surface area (Å²) < 4.78 is 0. The molecule has 1 heterocycles. The highest BCUT2D eigenvalue weighted by Gasteiger charge is 2.40. The van der Waals surface area contributed by atoms with Crippen LogP contribution in [-0.4, -0.2) is 41.3 Å². The minimum atomic E-state index is -0.645. The third-order valence-corrected chi connectivity index (χ3v) is 7.72. The molecule has 0 radical (unpaired) electrons. The predicted octanol–water partition coefficient (Wildman–Crippen LogP) is 6.71. The Morgan fingerprint density at radius 2 is 1.59 bits per heavy atom. The number of nitrogens with zero attached hydrogens (tertiary/aromatic N) is 1. The van der Waals surface area contributed by atoms with Gasteiger partial charge in [-0.15, -0.1) is 24.8 Å². The number of likely N-dealkylation sites (tertiary alicyclic amines) is 1. The molecule has 2 aromatic carbocycles. The highest BCUT2D eigenvalue weighted by molar-refractivity contribution is 6.42. The lowest BCUT2D eigenvalue weighted by molar-refractivity contribution is -0.0324. The van der Waals surface area contributed by atoms with E-state index in [1.165, 1.54) is 12.0 Å². The first-order chi connectivity index (χ1) is 14.4. The topological polar surface area (TPSA) is 49.5 Å². The number of aliphatic hydroxyl groups is 1. The summed E-state index contributed by atoms with van der Waals surface area (Å²) in [4.78, 5) is 2.49. The van der Waals surface area contributed by atoms with Crippen LogP contribution in [0.1, 0.15) is 56.4 Å². The summed E-state index contributed by atoms with van der Waals surface area (Å²) in [6.07, 6.45) is 7.25. The van der Waals surface area contributed by atoms with Crippen molar-refractivity contribution in [1.82, 2.24) is 4.90 Å². The van der Waals surface area contributed by atoms with Gasteiger partial charge in [0.25, 0.3) is 0 Å². The molecule has 32 heavy (non-hydrogen) atoms. The Balaban J connectivity index is 0.00000181. The molecule has 4 rings (SSSR count). The summed E-state index contributed by atoms with van der Waals surface area (Å²) in [6.45, 7) is 2.91. The van der Waals surface area contributed by atoms with Gasteiger partial charge in [0.15, 0.2) is 0 Å². The van der Waals surface area contributed by atoms with Gasteiger partial charge in [-0.05, 0) is 67.6 Å². The van der Waals surface area contributed by atoms with Gasteiger partial charge in [0, 0.05) is 18.5 Å². The molecule has 2 aliphatic rings. The largest absolute Gasteiger partial charge is 0.389 e. The highest BCUT2D eigenvalue weighted by Crippen LogP contribution is 2.42. The minimum absolute atomic E-state index is 0. The van der Waals surface area contributed by atoms with Gasteiger partial charge in [0.1, 0.15) is 0 Å². The van der Waals surface area contributed by atoms with Crippen LogP contribution in [0, 0.1) is 0 Å². The molecule has 7 heteroatoms. The van der Waals surface area contributed by atoms with Crippen molar-refractivity contribution in [3.63, 3.8) is 0 Å². The van der Waals surface area contributed by atoms with E-state index in [-0.39, 0.29) is 30.7 Å². The lowest BCUT2D eigenvalue weighted by Crippen LogP contribution is -2.47. The van der Waals surface area contributed by atoms with Crippen LogP contribution in [0.2, 0.25) is 10.0 Å². The van der Waals surface area contributed by atoms with Crippen molar-refractivity contribution in [3.05, 3.63) is 58.1 Å². The van der Waals surface area contributed by atoms with E-state index >= 15 is 0 Å². The monoisotopic (exact) mass is 518 g/mol. The molecule has 1 aliphatic heterocycles. The van der Waals surface area contributed by atoms with Crippen LogP contribution in [0.15, 0.2) is 42.5 Å². The average molecular weight is 520 g/mol. The molecule has 1 unspecified atom stereocenters. The van der Waals surface area contributed by atoms with E-state index in [9.17, 15) is 5.11 Å². The lowest BCUT2D eigenvalue weighted by atomic mass is 9.72. The van der Waals surface area contributed by atoms with Crippen molar-refractivity contribution in [2.75, 3.05) is 19.6 Å². The minimum Gasteiger partial charge on any atom is -0.389 e. The molecule has 0 spiro atoms. The highest BCUT2D eigenvalue weighted by atomic mass is 35.5. The first-order valence-corrected chi connectivity index (χ1v) is 12.0. The maximum Gasteiger partial charge on any atom is 0.0728 e. The number of nitrogens with two attached hydrogens (primary N) is 1. The molecular weight excluding hydrogens is 486 g/mol. The second-order valence-corrected chi connectivity index (χ2v) is 9.92. The van der Waals surface area contributed by atoms with Gasteiger partial charge < -0.3 is 15.7 Å². The molecule has 178 valence electrons. The summed E-state index contributed by atoms with van der Waals surface area (Å²) in [5, 5.41) is 12.8. The fourth-order valence-corrected chi connectivity index (χ4v) is 5.40. The van der Waals surface area contributed by atoms with Crippen molar-refractivity contribution in [2.24, 2.45) is 5.73 Å². The zero-order valence-corrected chi connectivity index (χ0v) is 21.5. The maximum atomic E-state index is 11.7. The van der Waals surface area contributed by atoms with Crippen molar-refractivity contribution >= 4 is 48.0 Å². The molecule has 1 atom stereocenters. The van der Waals surface area contributed by atoms with Crippen molar-refractivity contribution < 1.29 is 5.11 Å². The Kier molecular flexibility index (Phi) is 10.6. The quantitative estimate of drug-likeness (QED) is 0.461. The number of benzene rings is 2. The number of piperidine rings is 1. The molecule has 1 saturated heterocycles. The van der Waals surface area contributed by atoms with E-state index in [2.05, 4.69) is 29.2 Å². The SMILES string of the molecule is Cl.Cl.NC1CCN(CC(c2cccc(-c3ccc(Cl)c(Cl)c3)c2)C2(O)CCCCC2)CC1. The summed E-state index contributed by atoms with van der Waals surface area (Å²) >= 11 is 12.4. The van der Waals surface area contributed by atoms with E-state index in [1.807, 2.05) is 18.2 Å². The van der Waals surface area contributed by atoms with Crippen LogP contribution in [0.4, 0.5) is 0 Å². The zero-order chi connectivity index (χ0) is 21.1. The number of hydrogen-bond acceptors (Lipinski definition) is 3. The summed E-state index contributed by atoms with van der Waals surface area (Å²) in [5.74, 6) is 0.0925. The molecule has 0 amide bonds. The van der Waals surface area contributed by atoms with Crippen LogP contribution in [0.25, 0.3) is 11.1 Å². The first-order valence-electron chi connectivity index (χ1n) is 11.2. The van der Waals surface area contributed by atoms with Gasteiger partial charge in [-0.3, -0.25) is 0 Å². The first kappa shape index (κ1) is 27.7. The fourth-order valence-electron chi connectivity index (χ4n) is 5.10. The van der Waals surface area contributed by atoms with Crippen LogP contribution in [0.3, 0.4) is 0 Å². The van der Waals surface area contributed by atoms with Crippen LogP contribution in [-0.2, 0) is 0 Å². The normalized spacial score (nSPS) is 20.1. The van der Waals surface area contributed by atoms with Crippen LogP contribution in [0.5, 0.6) is 0 Å².